The fraction of sp³-hybridized carbons (Fsp3) is 0.500. The average molecular weight is 411 g/mol. The van der Waals surface area contributed by atoms with Crippen molar-refractivity contribution in [2.45, 2.75) is 25.6 Å². The highest BCUT2D eigenvalue weighted by Gasteiger charge is 2.05. The molecule has 0 heterocycles. The van der Waals surface area contributed by atoms with Crippen molar-refractivity contribution in [3.63, 3.8) is 0 Å². The van der Waals surface area contributed by atoms with Gasteiger partial charge in [0.25, 0.3) is 0 Å². The first kappa shape index (κ1) is 19.5. The van der Waals surface area contributed by atoms with Gasteiger partial charge in [-0.1, -0.05) is 13.0 Å². The minimum absolute atomic E-state index is 0. The summed E-state index contributed by atoms with van der Waals surface area (Å²) >= 11 is 1.69. The second-order valence-electron chi connectivity index (χ2n) is 4.20. The van der Waals surface area contributed by atoms with E-state index in [9.17, 15) is 4.39 Å². The summed E-state index contributed by atoms with van der Waals surface area (Å²) in [6, 6.07) is 4.94. The van der Waals surface area contributed by atoms with Gasteiger partial charge in [0.1, 0.15) is 5.82 Å². The molecule has 20 heavy (non-hydrogen) atoms. The molecular formula is C14H23FIN3S. The maximum absolute atomic E-state index is 13.2. The van der Waals surface area contributed by atoms with Gasteiger partial charge in [-0.25, -0.2) is 4.39 Å². The zero-order valence-corrected chi connectivity index (χ0v) is 15.3. The van der Waals surface area contributed by atoms with E-state index >= 15 is 0 Å². The van der Waals surface area contributed by atoms with E-state index in [1.54, 1.807) is 24.9 Å². The number of benzene rings is 1. The van der Waals surface area contributed by atoms with Crippen LogP contribution in [0.1, 0.15) is 24.5 Å². The molecule has 0 atom stereocenters. The van der Waals surface area contributed by atoms with Crippen LogP contribution in [0.5, 0.6) is 0 Å². The Hall–Kier alpha value is -0.500. The minimum Gasteiger partial charge on any atom is -0.356 e. The fourth-order valence-electron chi connectivity index (χ4n) is 1.70. The van der Waals surface area contributed by atoms with Gasteiger partial charge in [0.15, 0.2) is 5.96 Å². The number of hydrogen-bond acceptors (Lipinski definition) is 2. The normalized spacial score (nSPS) is 10.9. The molecule has 0 aliphatic carbocycles. The van der Waals surface area contributed by atoms with Gasteiger partial charge in [-0.2, -0.15) is 11.8 Å². The van der Waals surface area contributed by atoms with E-state index in [0.29, 0.717) is 6.54 Å². The van der Waals surface area contributed by atoms with Crippen LogP contribution in [-0.2, 0) is 12.3 Å². The molecule has 0 saturated carbocycles. The highest BCUT2D eigenvalue weighted by atomic mass is 127. The van der Waals surface area contributed by atoms with Gasteiger partial charge in [0, 0.05) is 25.9 Å². The van der Waals surface area contributed by atoms with Gasteiger partial charge in [0.2, 0.25) is 0 Å². The number of halogens is 2. The molecule has 0 aliphatic rings. The van der Waals surface area contributed by atoms with Crippen molar-refractivity contribution in [1.29, 1.82) is 0 Å². The number of aliphatic imine (C=N–C) groups is 1. The minimum atomic E-state index is -0.179. The second-order valence-corrected chi connectivity index (χ2v) is 5.06. The Bertz CT molecular complexity index is 427. The molecular weight excluding hydrogens is 388 g/mol. The largest absolute Gasteiger partial charge is 0.356 e. The number of guanidine groups is 1. The summed E-state index contributed by atoms with van der Waals surface area (Å²) in [5.74, 6) is 1.41. The Labute approximate surface area is 142 Å². The van der Waals surface area contributed by atoms with E-state index in [-0.39, 0.29) is 29.8 Å². The van der Waals surface area contributed by atoms with Crippen LogP contribution in [0.25, 0.3) is 0 Å². The van der Waals surface area contributed by atoms with Crippen molar-refractivity contribution < 1.29 is 4.39 Å². The van der Waals surface area contributed by atoms with Crippen LogP contribution >= 0.6 is 35.7 Å². The van der Waals surface area contributed by atoms with E-state index in [2.05, 4.69) is 22.5 Å². The Morgan fingerprint density at radius 2 is 2.05 bits per heavy atom. The molecule has 0 fully saturated rings. The topological polar surface area (TPSA) is 36.4 Å². The predicted octanol–water partition coefficient (Wildman–Crippen LogP) is 3.38. The molecule has 0 aromatic heterocycles. The molecule has 0 radical (unpaired) electrons. The van der Waals surface area contributed by atoms with E-state index in [4.69, 9.17) is 0 Å². The molecule has 0 amide bonds. The first-order valence-electron chi connectivity index (χ1n) is 6.42. The molecule has 0 unspecified atom stereocenters. The van der Waals surface area contributed by atoms with Crippen LogP contribution in [0.3, 0.4) is 0 Å². The Morgan fingerprint density at radius 3 is 2.65 bits per heavy atom. The van der Waals surface area contributed by atoms with Gasteiger partial charge in [-0.15, -0.1) is 24.0 Å². The monoisotopic (exact) mass is 411 g/mol. The lowest BCUT2D eigenvalue weighted by molar-refractivity contribution is 0.625. The summed E-state index contributed by atoms with van der Waals surface area (Å²) in [5.41, 5.74) is 2.14. The van der Waals surface area contributed by atoms with Crippen molar-refractivity contribution in [3.8, 4) is 0 Å². The van der Waals surface area contributed by atoms with Crippen LogP contribution < -0.4 is 10.6 Å². The summed E-state index contributed by atoms with van der Waals surface area (Å²) in [6.07, 6.45) is 3.07. The highest BCUT2D eigenvalue weighted by molar-refractivity contribution is 14.0. The van der Waals surface area contributed by atoms with E-state index in [0.717, 1.165) is 35.8 Å². The zero-order chi connectivity index (χ0) is 14.1. The second kappa shape index (κ2) is 11.2. The van der Waals surface area contributed by atoms with Gasteiger partial charge < -0.3 is 10.6 Å². The third-order valence-corrected chi connectivity index (χ3v) is 3.28. The van der Waals surface area contributed by atoms with Gasteiger partial charge >= 0.3 is 0 Å². The molecule has 3 nitrogen and oxygen atoms in total. The lowest BCUT2D eigenvalue weighted by atomic mass is 10.1. The molecule has 114 valence electrons. The first-order chi connectivity index (χ1) is 9.21. The van der Waals surface area contributed by atoms with E-state index in [1.807, 2.05) is 12.3 Å². The first-order valence-corrected chi connectivity index (χ1v) is 7.81. The number of hydrogen-bond donors (Lipinski definition) is 2. The van der Waals surface area contributed by atoms with Crippen molar-refractivity contribution in [2.24, 2.45) is 4.99 Å². The maximum atomic E-state index is 13.2. The smallest absolute Gasteiger partial charge is 0.191 e. The SMILES string of the molecule is CCCNC(=NC)NCc1ccc(F)cc1CSC.I. The summed E-state index contributed by atoms with van der Waals surface area (Å²) in [4.78, 5) is 4.15. The maximum Gasteiger partial charge on any atom is 0.191 e. The molecule has 0 aliphatic heterocycles. The third-order valence-electron chi connectivity index (χ3n) is 2.68. The molecule has 1 aromatic carbocycles. The Balaban J connectivity index is 0.00000361. The number of thioether (sulfide) groups is 1. The van der Waals surface area contributed by atoms with Crippen LogP contribution in [0, 0.1) is 5.82 Å². The van der Waals surface area contributed by atoms with Gasteiger partial charge in [-0.3, -0.25) is 4.99 Å². The highest BCUT2D eigenvalue weighted by Crippen LogP contribution is 2.16. The lowest BCUT2D eigenvalue weighted by Gasteiger charge is -2.13. The van der Waals surface area contributed by atoms with E-state index < -0.39 is 0 Å². The Kier molecular flexibility index (Phi) is 10.9. The lowest BCUT2D eigenvalue weighted by Crippen LogP contribution is -2.37. The van der Waals surface area contributed by atoms with Crippen molar-refractivity contribution >= 4 is 41.7 Å². The van der Waals surface area contributed by atoms with Crippen LogP contribution in [0.4, 0.5) is 4.39 Å². The number of nitrogens with zero attached hydrogens (tertiary/aromatic N) is 1. The fourth-order valence-corrected chi connectivity index (χ4v) is 2.28. The summed E-state index contributed by atoms with van der Waals surface area (Å²) in [6.45, 7) is 3.65. The molecule has 0 bridgehead atoms. The van der Waals surface area contributed by atoms with Crippen molar-refractivity contribution in [3.05, 3.63) is 35.1 Å². The summed E-state index contributed by atoms with van der Waals surface area (Å²) in [5, 5.41) is 6.46. The third kappa shape index (κ3) is 6.78. The molecule has 0 saturated heterocycles. The molecule has 1 aromatic rings. The number of nitrogens with one attached hydrogen (secondary N) is 2. The van der Waals surface area contributed by atoms with Gasteiger partial charge in [-0.05, 0) is 35.9 Å². The molecule has 1 rings (SSSR count). The summed E-state index contributed by atoms with van der Waals surface area (Å²) < 4.78 is 13.2. The quantitative estimate of drug-likeness (QED) is 0.428. The van der Waals surface area contributed by atoms with Gasteiger partial charge in [0.05, 0.1) is 0 Å². The van der Waals surface area contributed by atoms with E-state index in [1.165, 1.54) is 6.07 Å². The zero-order valence-electron chi connectivity index (χ0n) is 12.2. The van der Waals surface area contributed by atoms with Crippen molar-refractivity contribution in [1.82, 2.24) is 10.6 Å². The van der Waals surface area contributed by atoms with Crippen molar-refractivity contribution in [2.75, 3.05) is 19.8 Å². The standard InChI is InChI=1S/C14H22FN3S.HI/c1-4-7-17-14(16-2)18-9-11-5-6-13(15)8-12(11)10-19-3;/h5-6,8H,4,7,9-10H2,1-3H3,(H2,16,17,18);1H. The van der Waals surface area contributed by atoms with Crippen LogP contribution in [0.15, 0.2) is 23.2 Å². The molecule has 6 heteroatoms. The predicted molar refractivity (Wildman–Crippen MR) is 97.5 cm³/mol. The number of rotatable bonds is 6. The average Bonchev–Trinajstić information content (AvgIpc) is 2.41. The molecule has 2 N–H and O–H groups in total. The van der Waals surface area contributed by atoms with Crippen LogP contribution in [-0.4, -0.2) is 25.8 Å². The molecule has 0 spiro atoms. The van der Waals surface area contributed by atoms with Crippen LogP contribution in [0.2, 0.25) is 0 Å². The summed E-state index contributed by atoms with van der Waals surface area (Å²) in [7, 11) is 1.75. The Morgan fingerprint density at radius 1 is 1.30 bits per heavy atom.